The van der Waals surface area contributed by atoms with Crippen LogP contribution in [0.4, 0.5) is 5.95 Å². The first-order chi connectivity index (χ1) is 16.2. The van der Waals surface area contributed by atoms with E-state index >= 15 is 0 Å². The summed E-state index contributed by atoms with van der Waals surface area (Å²) in [6.07, 6.45) is 3.51. The molecule has 0 saturated carbocycles. The van der Waals surface area contributed by atoms with Gasteiger partial charge in [0.15, 0.2) is 23.1 Å². The summed E-state index contributed by atoms with van der Waals surface area (Å²) in [4.78, 5) is 18.1. The summed E-state index contributed by atoms with van der Waals surface area (Å²) < 4.78 is 24.4. The van der Waals surface area contributed by atoms with Crippen LogP contribution in [0.1, 0.15) is 48.4 Å². The summed E-state index contributed by atoms with van der Waals surface area (Å²) in [7, 11) is 1.61. The third-order valence-corrected chi connectivity index (χ3v) is 6.27. The Hall–Kier alpha value is -3.59. The number of nitrogens with one attached hydrogen (secondary N) is 1. The lowest BCUT2D eigenvalue weighted by Gasteiger charge is -2.34. The molecule has 0 spiro atoms. The van der Waals surface area contributed by atoms with Crippen LogP contribution < -0.4 is 14.8 Å². The minimum absolute atomic E-state index is 0.0175. The van der Waals surface area contributed by atoms with Crippen molar-refractivity contribution in [2.45, 2.75) is 37.8 Å². The molecule has 0 saturated heterocycles. The van der Waals surface area contributed by atoms with Crippen LogP contribution in [-0.2, 0) is 16.1 Å². The fourth-order valence-electron chi connectivity index (χ4n) is 4.83. The van der Waals surface area contributed by atoms with Gasteiger partial charge in [0, 0.05) is 37.1 Å². The molecule has 3 aromatic rings. The predicted molar refractivity (Wildman–Crippen MR) is 117 cm³/mol. The first-order valence-electron chi connectivity index (χ1n) is 11.1. The van der Waals surface area contributed by atoms with Gasteiger partial charge in [0.2, 0.25) is 5.95 Å². The molecule has 4 heterocycles. The van der Waals surface area contributed by atoms with Gasteiger partial charge < -0.3 is 23.9 Å². The number of allylic oxidation sites excluding steroid dienone is 2. The quantitative estimate of drug-likeness (QED) is 0.646. The summed E-state index contributed by atoms with van der Waals surface area (Å²) in [5.74, 6) is 3.40. The number of carbonyl (C=O) groups is 1. The molecule has 170 valence electrons. The van der Waals surface area contributed by atoms with Crippen LogP contribution in [0, 0.1) is 0 Å². The maximum Gasteiger partial charge on any atom is 0.226 e. The molecule has 33 heavy (non-hydrogen) atoms. The zero-order chi connectivity index (χ0) is 22.4. The molecule has 1 N–H and O–H groups in total. The predicted octanol–water partition coefficient (Wildman–Crippen LogP) is 3.59. The van der Waals surface area contributed by atoms with Gasteiger partial charge in [-0.15, -0.1) is 0 Å². The van der Waals surface area contributed by atoms with E-state index in [9.17, 15) is 4.79 Å². The Morgan fingerprint density at radius 3 is 2.88 bits per heavy atom. The summed E-state index contributed by atoms with van der Waals surface area (Å²) in [5, 5.41) is 8.03. The van der Waals surface area contributed by atoms with Gasteiger partial charge >= 0.3 is 0 Å². The first-order valence-corrected chi connectivity index (χ1v) is 11.1. The molecule has 9 heteroatoms. The highest BCUT2D eigenvalue weighted by atomic mass is 16.5. The van der Waals surface area contributed by atoms with E-state index in [0.717, 1.165) is 23.4 Å². The van der Waals surface area contributed by atoms with Crippen molar-refractivity contribution in [2.75, 3.05) is 25.6 Å². The van der Waals surface area contributed by atoms with E-state index in [1.54, 1.807) is 18.1 Å². The number of aromatic nitrogens is 3. The summed E-state index contributed by atoms with van der Waals surface area (Å²) in [5.41, 5.74) is 2.45. The number of ether oxygens (including phenoxy) is 3. The second-order valence-electron chi connectivity index (χ2n) is 8.45. The lowest BCUT2D eigenvalue weighted by Crippen LogP contribution is -2.33. The van der Waals surface area contributed by atoms with Gasteiger partial charge in [0.05, 0.1) is 19.5 Å². The van der Waals surface area contributed by atoms with Crippen LogP contribution >= 0.6 is 0 Å². The maximum atomic E-state index is 13.5. The molecule has 0 amide bonds. The van der Waals surface area contributed by atoms with E-state index in [0.29, 0.717) is 54.9 Å². The van der Waals surface area contributed by atoms with Crippen LogP contribution in [0.25, 0.3) is 0 Å². The standard InChI is InChI=1S/C24H24N4O5/c1-30-13-21-26-24-25-16-10-15(18-4-2-7-31-18)11-17(29)22(16)23(28(24)27-21)14-5-6-19-20(12-14)33-9-3-8-32-19/h2,4-7,12,15,23H,3,8-11,13H2,1H3,(H,25,26,27). The lowest BCUT2D eigenvalue weighted by molar-refractivity contribution is -0.117. The first kappa shape index (κ1) is 20.0. The number of fused-ring (bicyclic) bond motifs is 2. The normalized spacial score (nSPS) is 21.8. The van der Waals surface area contributed by atoms with Gasteiger partial charge in [0.1, 0.15) is 18.4 Å². The number of Topliss-reactive ketones (excluding diaryl/α,β-unsaturated/α-hetero) is 1. The van der Waals surface area contributed by atoms with Crippen molar-refractivity contribution in [3.8, 4) is 11.5 Å². The molecule has 0 radical (unpaired) electrons. The summed E-state index contributed by atoms with van der Waals surface area (Å²) in [6.45, 7) is 1.49. The van der Waals surface area contributed by atoms with Crippen LogP contribution in [0.15, 0.2) is 52.3 Å². The number of ketones is 1. The molecule has 1 aliphatic carbocycles. The SMILES string of the molecule is COCc1nc2n(n1)C(c1ccc3c(c1)OCCCO3)C1=C(CC(c3ccco3)CC1=O)N2. The Bertz CT molecular complexity index is 1230. The Balaban J connectivity index is 1.46. The number of hydrogen-bond acceptors (Lipinski definition) is 8. The van der Waals surface area contributed by atoms with E-state index in [4.69, 9.17) is 18.6 Å². The summed E-state index contributed by atoms with van der Waals surface area (Å²) in [6, 6.07) is 9.19. The molecule has 6 rings (SSSR count). The minimum Gasteiger partial charge on any atom is -0.490 e. The van der Waals surface area contributed by atoms with E-state index in [2.05, 4.69) is 15.4 Å². The number of rotatable bonds is 4. The fourth-order valence-corrected chi connectivity index (χ4v) is 4.83. The number of carbonyl (C=O) groups excluding carboxylic acids is 1. The zero-order valence-corrected chi connectivity index (χ0v) is 18.2. The third kappa shape index (κ3) is 3.48. The van der Waals surface area contributed by atoms with Crippen LogP contribution in [-0.4, -0.2) is 40.9 Å². The topological polar surface area (TPSA) is 101 Å². The van der Waals surface area contributed by atoms with Crippen LogP contribution in [0.3, 0.4) is 0 Å². The minimum atomic E-state index is -0.420. The number of nitrogens with zero attached hydrogens (tertiary/aromatic N) is 3. The van der Waals surface area contributed by atoms with Crippen molar-refractivity contribution < 1.29 is 23.4 Å². The van der Waals surface area contributed by atoms with Crippen molar-refractivity contribution in [1.82, 2.24) is 14.8 Å². The maximum absolute atomic E-state index is 13.5. The Morgan fingerprint density at radius 1 is 1.18 bits per heavy atom. The number of hydrogen-bond donors (Lipinski definition) is 1. The third-order valence-electron chi connectivity index (χ3n) is 6.27. The lowest BCUT2D eigenvalue weighted by atomic mass is 9.79. The largest absolute Gasteiger partial charge is 0.490 e. The van der Waals surface area contributed by atoms with Gasteiger partial charge in [0.25, 0.3) is 0 Å². The Morgan fingerprint density at radius 2 is 2.06 bits per heavy atom. The highest BCUT2D eigenvalue weighted by molar-refractivity contribution is 6.00. The second-order valence-corrected chi connectivity index (χ2v) is 8.45. The molecule has 0 bridgehead atoms. The van der Waals surface area contributed by atoms with Gasteiger partial charge in [-0.1, -0.05) is 6.07 Å². The molecule has 0 fully saturated rings. The van der Waals surface area contributed by atoms with Crippen molar-refractivity contribution in [1.29, 1.82) is 0 Å². The number of methoxy groups -OCH3 is 1. The smallest absolute Gasteiger partial charge is 0.226 e. The van der Waals surface area contributed by atoms with Gasteiger partial charge in [-0.05, 0) is 36.2 Å². The molecule has 1 aromatic carbocycles. The Kier molecular flexibility index (Phi) is 4.91. The molecule has 2 unspecified atom stereocenters. The molecule has 2 atom stereocenters. The molecular weight excluding hydrogens is 424 g/mol. The molecule has 2 aliphatic heterocycles. The highest BCUT2D eigenvalue weighted by Gasteiger charge is 2.40. The van der Waals surface area contributed by atoms with Crippen molar-refractivity contribution in [2.24, 2.45) is 0 Å². The van der Waals surface area contributed by atoms with Gasteiger partial charge in [-0.2, -0.15) is 10.1 Å². The average molecular weight is 448 g/mol. The van der Waals surface area contributed by atoms with Crippen molar-refractivity contribution >= 4 is 11.7 Å². The van der Waals surface area contributed by atoms with Gasteiger partial charge in [-0.3, -0.25) is 4.79 Å². The van der Waals surface area contributed by atoms with Crippen molar-refractivity contribution in [3.63, 3.8) is 0 Å². The van der Waals surface area contributed by atoms with E-state index in [1.165, 1.54) is 0 Å². The zero-order valence-electron chi connectivity index (χ0n) is 18.2. The monoisotopic (exact) mass is 448 g/mol. The second kappa shape index (κ2) is 8.08. The van der Waals surface area contributed by atoms with Crippen LogP contribution in [0.5, 0.6) is 11.5 Å². The number of anilines is 1. The number of furan rings is 1. The summed E-state index contributed by atoms with van der Waals surface area (Å²) >= 11 is 0. The molecule has 2 aromatic heterocycles. The molecular formula is C24H24N4O5. The van der Waals surface area contributed by atoms with E-state index in [-0.39, 0.29) is 18.3 Å². The van der Waals surface area contributed by atoms with E-state index < -0.39 is 6.04 Å². The molecule has 3 aliphatic rings. The fraction of sp³-hybridized carbons (Fsp3) is 0.375. The van der Waals surface area contributed by atoms with Gasteiger partial charge in [-0.25, -0.2) is 4.68 Å². The average Bonchev–Trinajstić information content (AvgIpc) is 3.42. The van der Waals surface area contributed by atoms with Crippen LogP contribution in [0.2, 0.25) is 0 Å². The van der Waals surface area contributed by atoms with Crippen molar-refractivity contribution in [3.05, 3.63) is 65.0 Å². The highest BCUT2D eigenvalue weighted by Crippen LogP contribution is 2.45. The Labute approximate surface area is 190 Å². The molecule has 9 nitrogen and oxygen atoms in total. The number of benzene rings is 1. The van der Waals surface area contributed by atoms with E-state index in [1.807, 2.05) is 30.3 Å².